The van der Waals surface area contributed by atoms with Gasteiger partial charge in [0.1, 0.15) is 17.2 Å². The number of aromatic nitrogens is 3. The fourth-order valence-corrected chi connectivity index (χ4v) is 4.34. The van der Waals surface area contributed by atoms with E-state index in [0.717, 1.165) is 5.69 Å². The summed E-state index contributed by atoms with van der Waals surface area (Å²) >= 11 is 6.28. The number of carbonyl (C=O) groups excluding carboxylic acids is 1. The second-order valence-corrected chi connectivity index (χ2v) is 7.81. The average molecular weight is 440 g/mol. The Hall–Kier alpha value is -3.23. The quantitative estimate of drug-likeness (QED) is 0.527. The standard InChI is InChI=1S/C22H19ClFN5O2/c1-12-27-20-14(22(25)30)10-13(28-6-8-31-9-7-28)11-18(20)29(12)17-4-5-26-21-15(23)2-3-16(24)19(17)21/h2-5,10-11H,6-9H2,1H3,(H2,25,30). The Morgan fingerprint density at radius 3 is 2.71 bits per heavy atom. The number of primary amides is 1. The third-order valence-electron chi connectivity index (χ3n) is 5.57. The molecular weight excluding hydrogens is 421 g/mol. The monoisotopic (exact) mass is 439 g/mol. The van der Waals surface area contributed by atoms with E-state index in [1.54, 1.807) is 25.3 Å². The van der Waals surface area contributed by atoms with Crippen LogP contribution in [-0.4, -0.2) is 46.7 Å². The number of fused-ring (bicyclic) bond motifs is 2. The summed E-state index contributed by atoms with van der Waals surface area (Å²) in [5.41, 5.74) is 8.87. The van der Waals surface area contributed by atoms with E-state index in [4.69, 9.17) is 22.1 Å². The van der Waals surface area contributed by atoms with E-state index in [9.17, 15) is 9.18 Å². The predicted octanol–water partition coefficient (Wildman–Crippen LogP) is 3.61. The van der Waals surface area contributed by atoms with Gasteiger partial charge >= 0.3 is 0 Å². The molecule has 0 unspecified atom stereocenters. The average Bonchev–Trinajstić information content (AvgIpc) is 3.11. The summed E-state index contributed by atoms with van der Waals surface area (Å²) in [6.07, 6.45) is 1.58. The molecule has 0 spiro atoms. The Bertz CT molecular complexity index is 1350. The normalized spacial score (nSPS) is 14.5. The highest BCUT2D eigenvalue weighted by Crippen LogP contribution is 2.34. The SMILES string of the molecule is Cc1nc2c(C(N)=O)cc(N3CCOCC3)cc2n1-c1ccnc2c(Cl)ccc(F)c12. The van der Waals surface area contributed by atoms with Gasteiger partial charge in [-0.3, -0.25) is 14.3 Å². The summed E-state index contributed by atoms with van der Waals surface area (Å²) < 4.78 is 22.2. The van der Waals surface area contributed by atoms with Crippen molar-refractivity contribution in [1.82, 2.24) is 14.5 Å². The smallest absolute Gasteiger partial charge is 0.251 e. The number of hydrogen-bond acceptors (Lipinski definition) is 5. The first kappa shape index (κ1) is 19.7. The number of pyridine rings is 1. The second-order valence-electron chi connectivity index (χ2n) is 7.40. The number of imidazole rings is 1. The Balaban J connectivity index is 1.84. The Labute approximate surface area is 182 Å². The van der Waals surface area contributed by atoms with Gasteiger partial charge in [-0.25, -0.2) is 9.37 Å². The van der Waals surface area contributed by atoms with Crippen molar-refractivity contribution in [2.45, 2.75) is 6.92 Å². The Kier molecular flexibility index (Phi) is 4.75. The first-order valence-electron chi connectivity index (χ1n) is 9.84. The van der Waals surface area contributed by atoms with E-state index in [-0.39, 0.29) is 5.39 Å². The molecule has 7 nitrogen and oxygen atoms in total. The lowest BCUT2D eigenvalue weighted by Crippen LogP contribution is -2.36. The van der Waals surface area contributed by atoms with Crippen LogP contribution >= 0.6 is 11.6 Å². The second kappa shape index (κ2) is 7.47. The van der Waals surface area contributed by atoms with Crippen LogP contribution in [0.5, 0.6) is 0 Å². The molecule has 1 amide bonds. The van der Waals surface area contributed by atoms with E-state index >= 15 is 0 Å². The van der Waals surface area contributed by atoms with Gasteiger partial charge < -0.3 is 15.4 Å². The van der Waals surface area contributed by atoms with Crippen molar-refractivity contribution >= 4 is 45.1 Å². The molecule has 2 aromatic carbocycles. The van der Waals surface area contributed by atoms with Gasteiger partial charge in [-0.05, 0) is 37.3 Å². The zero-order chi connectivity index (χ0) is 21.7. The maximum Gasteiger partial charge on any atom is 0.251 e. The number of hydrogen-bond donors (Lipinski definition) is 1. The van der Waals surface area contributed by atoms with Crippen LogP contribution in [0.4, 0.5) is 10.1 Å². The third-order valence-corrected chi connectivity index (χ3v) is 5.87. The molecule has 158 valence electrons. The highest BCUT2D eigenvalue weighted by Gasteiger charge is 2.22. The molecule has 0 saturated carbocycles. The number of anilines is 1. The fourth-order valence-electron chi connectivity index (χ4n) is 4.14. The zero-order valence-corrected chi connectivity index (χ0v) is 17.5. The van der Waals surface area contributed by atoms with Crippen LogP contribution in [0.2, 0.25) is 5.02 Å². The van der Waals surface area contributed by atoms with Gasteiger partial charge in [-0.1, -0.05) is 11.6 Å². The first-order chi connectivity index (χ1) is 15.0. The highest BCUT2D eigenvalue weighted by molar-refractivity contribution is 6.35. The Morgan fingerprint density at radius 1 is 1.19 bits per heavy atom. The molecule has 9 heteroatoms. The molecule has 1 fully saturated rings. The van der Waals surface area contributed by atoms with Crippen LogP contribution in [0.25, 0.3) is 27.6 Å². The van der Waals surface area contributed by atoms with E-state index in [1.165, 1.54) is 12.1 Å². The summed E-state index contributed by atoms with van der Waals surface area (Å²) in [7, 11) is 0. The van der Waals surface area contributed by atoms with Gasteiger partial charge in [0.15, 0.2) is 0 Å². The van der Waals surface area contributed by atoms with E-state index < -0.39 is 11.7 Å². The molecule has 0 aliphatic carbocycles. The maximum absolute atomic E-state index is 14.9. The molecule has 1 aliphatic rings. The van der Waals surface area contributed by atoms with Crippen LogP contribution in [0.1, 0.15) is 16.2 Å². The topological polar surface area (TPSA) is 86.3 Å². The molecule has 4 aromatic rings. The molecule has 1 saturated heterocycles. The minimum atomic E-state index is -0.571. The zero-order valence-electron chi connectivity index (χ0n) is 16.7. The van der Waals surface area contributed by atoms with Crippen molar-refractivity contribution in [2.24, 2.45) is 5.73 Å². The van der Waals surface area contributed by atoms with Crippen LogP contribution in [0.3, 0.4) is 0 Å². The summed E-state index contributed by atoms with van der Waals surface area (Å²) in [6, 6.07) is 8.22. The number of rotatable bonds is 3. The third kappa shape index (κ3) is 3.19. The van der Waals surface area contributed by atoms with Crippen molar-refractivity contribution in [3.8, 4) is 5.69 Å². The minimum Gasteiger partial charge on any atom is -0.378 e. The summed E-state index contributed by atoms with van der Waals surface area (Å²) in [5, 5.41) is 0.641. The lowest BCUT2D eigenvalue weighted by Gasteiger charge is -2.29. The van der Waals surface area contributed by atoms with Crippen LogP contribution in [0.15, 0.2) is 36.5 Å². The molecular formula is C22H19ClFN5O2. The van der Waals surface area contributed by atoms with Gasteiger partial charge in [-0.2, -0.15) is 0 Å². The Morgan fingerprint density at radius 2 is 1.97 bits per heavy atom. The van der Waals surface area contributed by atoms with Gasteiger partial charge in [-0.15, -0.1) is 0 Å². The maximum atomic E-state index is 14.9. The largest absolute Gasteiger partial charge is 0.378 e. The van der Waals surface area contributed by atoms with Crippen LogP contribution in [0, 0.1) is 12.7 Å². The van der Waals surface area contributed by atoms with Crippen LogP contribution < -0.4 is 10.6 Å². The van der Waals surface area contributed by atoms with Gasteiger partial charge in [0.25, 0.3) is 5.91 Å². The molecule has 0 atom stereocenters. The van der Waals surface area contributed by atoms with E-state index in [1.807, 2.05) is 10.6 Å². The highest BCUT2D eigenvalue weighted by atomic mass is 35.5. The van der Waals surface area contributed by atoms with Crippen molar-refractivity contribution in [2.75, 3.05) is 31.2 Å². The molecule has 0 bridgehead atoms. The van der Waals surface area contributed by atoms with Gasteiger partial charge in [0.2, 0.25) is 0 Å². The van der Waals surface area contributed by atoms with Crippen LogP contribution in [-0.2, 0) is 4.74 Å². The molecule has 2 N–H and O–H groups in total. The van der Waals surface area contributed by atoms with Gasteiger partial charge in [0.05, 0.1) is 45.9 Å². The van der Waals surface area contributed by atoms with E-state index in [0.29, 0.717) is 65.0 Å². The predicted molar refractivity (Wildman–Crippen MR) is 118 cm³/mol. The molecule has 31 heavy (non-hydrogen) atoms. The first-order valence-corrected chi connectivity index (χ1v) is 10.2. The van der Waals surface area contributed by atoms with Crippen molar-refractivity contribution in [1.29, 1.82) is 0 Å². The number of nitrogens with zero attached hydrogens (tertiary/aromatic N) is 4. The number of amides is 1. The van der Waals surface area contributed by atoms with Gasteiger partial charge in [0, 0.05) is 25.0 Å². The molecule has 3 heterocycles. The van der Waals surface area contributed by atoms with Crippen molar-refractivity contribution in [3.63, 3.8) is 0 Å². The van der Waals surface area contributed by atoms with E-state index in [2.05, 4.69) is 14.9 Å². The molecule has 1 aliphatic heterocycles. The number of benzene rings is 2. The minimum absolute atomic E-state index is 0.287. The number of ether oxygens (including phenoxy) is 1. The fraction of sp³-hybridized carbons (Fsp3) is 0.227. The molecule has 2 aromatic heterocycles. The molecule has 5 rings (SSSR count). The lowest BCUT2D eigenvalue weighted by atomic mass is 10.1. The lowest BCUT2D eigenvalue weighted by molar-refractivity contribution is 0.100. The summed E-state index contributed by atoms with van der Waals surface area (Å²) in [5.74, 6) is -0.426. The summed E-state index contributed by atoms with van der Waals surface area (Å²) in [6.45, 7) is 4.38. The number of halogens is 2. The molecule has 0 radical (unpaired) electrons. The number of morpholine rings is 1. The summed E-state index contributed by atoms with van der Waals surface area (Å²) in [4.78, 5) is 23.2. The number of carbonyl (C=O) groups is 1. The van der Waals surface area contributed by atoms with Crippen molar-refractivity contribution < 1.29 is 13.9 Å². The number of aryl methyl sites for hydroxylation is 1. The number of nitrogens with two attached hydrogens (primary N) is 1. The van der Waals surface area contributed by atoms with Crippen molar-refractivity contribution in [3.05, 3.63) is 58.8 Å².